The summed E-state index contributed by atoms with van der Waals surface area (Å²) < 4.78 is 282. The summed E-state index contributed by atoms with van der Waals surface area (Å²) in [6.45, 7) is -5.49. The summed E-state index contributed by atoms with van der Waals surface area (Å²) in [6.07, 6.45) is -57.7. The number of methoxy groups -OCH3 is 2. The van der Waals surface area contributed by atoms with Gasteiger partial charge in [-0.1, -0.05) is 34.1 Å². The summed E-state index contributed by atoms with van der Waals surface area (Å²) in [5.41, 5.74) is 0.566. The number of carboxylic acid groups (broad SMARTS) is 2. The molecule has 718 valence electrons. The summed E-state index contributed by atoms with van der Waals surface area (Å²) in [5, 5.41) is 161. The minimum Gasteiger partial charge on any atom is -0.735 e. The van der Waals surface area contributed by atoms with Crippen LogP contribution in [0.3, 0.4) is 0 Å². The molecule has 0 spiro atoms. The number of hydrogen-bond acceptors (Lipinski definition) is 55. The number of amides is 3. The maximum Gasteiger partial charge on any atom is 1.00 e. The van der Waals surface area contributed by atoms with Crippen molar-refractivity contribution in [3.05, 3.63) is 24.3 Å². The van der Waals surface area contributed by atoms with Crippen LogP contribution >= 0.6 is 21.6 Å². The zero-order valence-corrected chi connectivity index (χ0v) is 94.2. The number of benzene rings is 1. The van der Waals surface area contributed by atoms with Crippen molar-refractivity contribution >= 4 is 125 Å². The zero-order valence-electron chi connectivity index (χ0n) is 71.7. The second kappa shape index (κ2) is 64.6. The number of aliphatic hydroxyl groups excluding tert-OH is 12. The van der Waals surface area contributed by atoms with E-state index >= 15 is 0 Å². The number of nitrogens with one attached hydrogen (secondary N) is 6. The maximum absolute atomic E-state index is 12.6. The van der Waals surface area contributed by atoms with Crippen LogP contribution in [0, 0.1) is 0 Å². The third-order valence-corrected chi connectivity index (χ3v) is 24.2. The van der Waals surface area contributed by atoms with E-state index in [1.807, 2.05) is 21.6 Å². The molecule has 3 amide bonds. The normalized spacial score (nSPS) is 31.2. The van der Waals surface area contributed by atoms with Crippen LogP contribution in [0.1, 0.15) is 44.9 Å². The molecule has 6 heterocycles. The smallest absolute Gasteiger partial charge is 0.735 e. The Kier molecular flexibility index (Phi) is 68.3. The van der Waals surface area contributed by atoms with Gasteiger partial charge < -0.3 is 182 Å². The SMILES string of the molecule is CO[C@H]1C(COS(=O)(=O)[O-])O[C@H](O[C@@H]2C(C(=O)[O-])O[C@@H](OCC(O)[C@@H](O)[C@@H](O)C(O)CNc3cccc(NC(=O)CCCNC(=O)CNC(=O)CCCCC4CCSS4)c3)C(OS(=O)(=O)[O-])[C@@H]2O)C(NS(=O)(=O)[O-])[C@@H]1O.CO[C@H]1C(COS(=O)(=O)[O-])O[C@H](O[C@@H]2C(C(=O)[O-])O[C@@H](OCC3OC(O)C(O)[C@H](O)[C@@H]3O)C(OS(=O)(=O)[O-])[C@@H]2O)C(NS(=O)(=O)[O-])[C@@H]1O.[Na+].[Na+].[Na+].[Na+].[Na+].[Na+].[Na+].[Na+]. The average Bonchev–Trinajstić information content (AvgIpc) is 0.953. The van der Waals surface area contributed by atoms with Crippen molar-refractivity contribution < 1.29 is 479 Å². The summed E-state index contributed by atoms with van der Waals surface area (Å²) in [7, 11) is -28.4. The Labute approximate surface area is 939 Å². The summed E-state index contributed by atoms with van der Waals surface area (Å²) in [5.74, 6) is -4.57. The van der Waals surface area contributed by atoms with E-state index in [4.69, 9.17) is 52.1 Å². The Balaban J connectivity index is -0.00000259. The number of carbonyl (C=O) groups excluding carboxylic acids is 5. The van der Waals surface area contributed by atoms with E-state index in [1.165, 1.54) is 40.1 Å². The van der Waals surface area contributed by atoms with E-state index in [0.717, 1.165) is 39.2 Å². The van der Waals surface area contributed by atoms with Crippen molar-refractivity contribution in [1.29, 1.82) is 0 Å². The van der Waals surface area contributed by atoms with Crippen LogP contribution in [-0.2, 0) is 155 Å². The van der Waals surface area contributed by atoms with Gasteiger partial charge in [0.05, 0.1) is 51.0 Å². The number of carboxylic acids is 2. The first-order valence-corrected chi connectivity index (χ1v) is 46.4. The van der Waals surface area contributed by atoms with Crippen LogP contribution in [-0.4, -0.2) is 418 Å². The molecule has 0 aromatic heterocycles. The van der Waals surface area contributed by atoms with E-state index in [0.29, 0.717) is 17.4 Å². The van der Waals surface area contributed by atoms with Crippen molar-refractivity contribution in [2.24, 2.45) is 0 Å². The molecule has 132 heavy (non-hydrogen) atoms. The van der Waals surface area contributed by atoms with E-state index in [9.17, 15) is 173 Å². The molecule has 6 aliphatic rings. The molecule has 1 aromatic rings. The number of aliphatic hydroxyl groups is 12. The molecule has 0 bridgehead atoms. The molecule has 74 heteroatoms. The van der Waals surface area contributed by atoms with Crippen LogP contribution in [0.2, 0.25) is 0 Å². The monoisotopic (exact) mass is 2140 g/mol. The van der Waals surface area contributed by atoms with E-state index in [1.54, 1.807) is 0 Å². The van der Waals surface area contributed by atoms with Gasteiger partial charge in [0, 0.05) is 62.5 Å². The molecule has 6 aliphatic heterocycles. The molecule has 14 unspecified atom stereocenters. The van der Waals surface area contributed by atoms with E-state index in [2.05, 4.69) is 38.0 Å². The third kappa shape index (κ3) is 47.3. The van der Waals surface area contributed by atoms with Crippen molar-refractivity contribution in [1.82, 2.24) is 20.1 Å². The Hall–Kier alpha value is 3.37. The van der Waals surface area contributed by atoms with Crippen molar-refractivity contribution in [3.63, 3.8) is 0 Å². The number of hydrogen-bond donors (Lipinski definition) is 18. The Morgan fingerprint density at radius 1 is 0.485 bits per heavy atom. The van der Waals surface area contributed by atoms with Gasteiger partial charge in [0.2, 0.25) is 59.3 Å². The predicted molar refractivity (Wildman–Crippen MR) is 384 cm³/mol. The van der Waals surface area contributed by atoms with Crippen molar-refractivity contribution in [2.45, 2.75) is 228 Å². The minimum absolute atomic E-state index is 0. The molecule has 0 saturated carbocycles. The molecule has 30 atom stereocenters. The first kappa shape index (κ1) is 139. The molecule has 6 fully saturated rings. The fraction of sp³-hybridized carbons (Fsp3) is 0.810. The number of ether oxygens (including phenoxy) is 11. The molecule has 0 radical (unpaired) electrons. The molecule has 0 aliphatic carbocycles. The fourth-order valence-corrected chi connectivity index (χ4v) is 18.3. The average molecular weight is 2140 g/mol. The summed E-state index contributed by atoms with van der Waals surface area (Å²) in [6, 6.07) is 1.32. The molecule has 1 aromatic carbocycles. The van der Waals surface area contributed by atoms with E-state index in [-0.39, 0.29) is 274 Å². The van der Waals surface area contributed by atoms with Gasteiger partial charge in [0.1, 0.15) is 128 Å². The van der Waals surface area contributed by atoms with Crippen LogP contribution in [0.25, 0.3) is 0 Å². The molecule has 58 nitrogen and oxygen atoms in total. The number of unbranched alkanes of at least 4 members (excludes halogenated alkanes) is 1. The first-order chi connectivity index (χ1) is 57.5. The van der Waals surface area contributed by atoms with Gasteiger partial charge in [-0.2, -0.15) is 0 Å². The number of anilines is 2. The topological polar surface area (TPSA) is 928 Å². The van der Waals surface area contributed by atoms with Gasteiger partial charge in [0.25, 0.3) is 0 Å². The maximum atomic E-state index is 12.6. The second-order valence-electron chi connectivity index (χ2n) is 27.3. The van der Waals surface area contributed by atoms with Gasteiger partial charge in [-0.05, 0) is 43.9 Å². The summed E-state index contributed by atoms with van der Waals surface area (Å²) in [4.78, 5) is 61.2. The Morgan fingerprint density at radius 2 is 0.939 bits per heavy atom. The fourth-order valence-electron chi connectivity index (χ4n) is 12.5. The molecule has 18 N–H and O–H groups in total. The number of rotatable bonds is 46. The van der Waals surface area contributed by atoms with Crippen LogP contribution in [0.4, 0.5) is 11.4 Å². The molecular formula is C58H88N6Na8O52S8. The standard InChI is InChI=1S/C39H63N5O27S5.C19H33NO25S3.8Na/c1-65-33-24(18-67-75(59,60)61)68-38(28(31(33)52)44-74(56,57)58)69-34-32(53)35(71-76(62,63)64)39(70-36(34)37(54)55)66-17-23(46)30(51)29(50)22(45)15-41-19-6-4-7-20(14-19)43-26(48)10-5-12-40-27(49)16-42-25(47)9-3-2-8-21-11-13-72-73-21;1-38-12-5(3-40-47(32,33)34)42-18(6(8(12)22)20-46(29,30)31)43-13-11(25)14(45-48(35,36)37)19(44-15(13)16(26)27)39-2-4-7(21)9(23)10(24)17(28)41-4;;;;;;;;/h4,6-7,14,21-24,28-36,38-39,41,44-46,50-53H,2-3,5,8-13,15-18H2,1H3,(H,40,49)(H,42,47)(H,43,48)(H,54,55)(H,56,57,58)(H,59,60,61)(H,62,63,64);4-15,17-25,28H,2-3H2,1H3,(H,26,27)(H,29,30,31)(H,32,33,34)(H,35,36,37);;;;;;;;/q;;8*+1/p-8/t21?,22?,23?,24?,28?,29-,30+,31-,32+,33-,34-,35?,36?,38+,39+;4?,5?,6?,7-,8+,9-,10?,11-,12+,13+,14?,15?,17?,18-,19-;;;;;;;;/m01......../s1. The van der Waals surface area contributed by atoms with Crippen molar-refractivity contribution in [2.75, 3.05) is 76.7 Å². The Morgan fingerprint density at radius 3 is 1.37 bits per heavy atom. The van der Waals surface area contributed by atoms with Gasteiger partial charge in [-0.3, -0.25) is 31.1 Å². The quantitative estimate of drug-likeness (QED) is 0.00947. The predicted octanol–water partition coefficient (Wildman–Crippen LogP) is -40.8. The number of aliphatic carboxylic acids is 2. The molecule has 6 saturated heterocycles. The first-order valence-electron chi connectivity index (χ1n) is 35.9. The van der Waals surface area contributed by atoms with Gasteiger partial charge in [-0.25, -0.2) is 60.0 Å². The second-order valence-corrected chi connectivity index (χ2v) is 36.5. The number of carbonyl (C=O) groups is 5. The van der Waals surface area contributed by atoms with Crippen LogP contribution < -0.4 is 277 Å². The van der Waals surface area contributed by atoms with Gasteiger partial charge in [-0.15, -0.1) is 0 Å². The van der Waals surface area contributed by atoms with Crippen molar-refractivity contribution in [3.8, 4) is 0 Å². The largest absolute Gasteiger partial charge is 1.00 e. The third-order valence-electron chi connectivity index (χ3n) is 18.4. The summed E-state index contributed by atoms with van der Waals surface area (Å²) >= 11 is 0. The van der Waals surface area contributed by atoms with Crippen LogP contribution in [0.5, 0.6) is 0 Å². The van der Waals surface area contributed by atoms with Crippen LogP contribution in [0.15, 0.2) is 24.3 Å². The zero-order chi connectivity index (χ0) is 93.1. The van der Waals surface area contributed by atoms with Gasteiger partial charge >= 0.3 is 236 Å². The minimum atomic E-state index is -5.95. The molecular weight excluding hydrogens is 2050 g/mol. The molecule has 7 rings (SSSR count). The van der Waals surface area contributed by atoms with E-state index < -0.39 is 297 Å². The van der Waals surface area contributed by atoms with Gasteiger partial charge in [0.15, 0.2) is 64.3 Å². The Bertz CT molecular complexity index is 4380.